The lowest BCUT2D eigenvalue weighted by Gasteiger charge is -2.13. The van der Waals surface area contributed by atoms with Crippen molar-refractivity contribution in [1.82, 2.24) is 14.9 Å². The number of benzene rings is 2. The second kappa shape index (κ2) is 12.2. The predicted molar refractivity (Wildman–Crippen MR) is 134 cm³/mol. The maximum Gasteiger partial charge on any atom is 0.262 e. The second-order valence-electron chi connectivity index (χ2n) is 7.71. The molecular formula is C25H30N4O3S. The fourth-order valence-corrected chi connectivity index (χ4v) is 4.30. The second-order valence-corrected chi connectivity index (χ2v) is 8.65. The SMILES string of the molecule is CCCCCCn1c(SCC(=O)Nc2cccc(C(=O)NCC)c2)nc2ccccc2c1=O. The summed E-state index contributed by atoms with van der Waals surface area (Å²) in [6.07, 6.45) is 4.17. The van der Waals surface area contributed by atoms with Crippen molar-refractivity contribution in [3.05, 3.63) is 64.4 Å². The molecule has 1 heterocycles. The number of aromatic nitrogens is 2. The molecule has 0 unspecified atom stereocenters. The van der Waals surface area contributed by atoms with Gasteiger partial charge in [-0.05, 0) is 43.7 Å². The van der Waals surface area contributed by atoms with Crippen LogP contribution in [-0.4, -0.2) is 33.7 Å². The molecule has 0 aliphatic carbocycles. The molecular weight excluding hydrogens is 436 g/mol. The number of rotatable bonds is 11. The number of nitrogens with zero attached hydrogens (tertiary/aromatic N) is 2. The van der Waals surface area contributed by atoms with Gasteiger partial charge in [0.25, 0.3) is 11.5 Å². The third-order valence-corrected chi connectivity index (χ3v) is 6.12. The molecule has 1 aromatic heterocycles. The van der Waals surface area contributed by atoms with Crippen molar-refractivity contribution >= 4 is 40.2 Å². The number of amides is 2. The third-order valence-electron chi connectivity index (χ3n) is 5.14. The minimum absolute atomic E-state index is 0.0744. The van der Waals surface area contributed by atoms with Gasteiger partial charge in [-0.3, -0.25) is 19.0 Å². The Morgan fingerprint density at radius 1 is 1.03 bits per heavy atom. The molecule has 33 heavy (non-hydrogen) atoms. The highest BCUT2D eigenvalue weighted by molar-refractivity contribution is 7.99. The van der Waals surface area contributed by atoms with E-state index in [0.29, 0.717) is 40.4 Å². The summed E-state index contributed by atoms with van der Waals surface area (Å²) in [4.78, 5) is 42.4. The van der Waals surface area contributed by atoms with Crippen molar-refractivity contribution in [3.8, 4) is 0 Å². The van der Waals surface area contributed by atoms with E-state index in [9.17, 15) is 14.4 Å². The number of unbranched alkanes of at least 4 members (excludes halogenated alkanes) is 3. The van der Waals surface area contributed by atoms with Crippen LogP contribution in [-0.2, 0) is 11.3 Å². The standard InChI is InChI=1S/C25H30N4O3S/c1-3-5-6-9-15-29-24(32)20-13-7-8-14-21(20)28-25(29)33-17-22(30)27-19-12-10-11-18(16-19)23(31)26-4-2/h7-8,10-14,16H,3-6,9,15,17H2,1-2H3,(H,26,31)(H,27,30). The number of hydrogen-bond donors (Lipinski definition) is 2. The van der Waals surface area contributed by atoms with Crippen LogP contribution >= 0.6 is 11.8 Å². The molecule has 0 aliphatic heterocycles. The Morgan fingerprint density at radius 3 is 2.64 bits per heavy atom. The normalized spacial score (nSPS) is 10.8. The van der Waals surface area contributed by atoms with Crippen molar-refractivity contribution in [2.75, 3.05) is 17.6 Å². The molecule has 7 nitrogen and oxygen atoms in total. The van der Waals surface area contributed by atoms with Crippen molar-refractivity contribution in [1.29, 1.82) is 0 Å². The first-order valence-electron chi connectivity index (χ1n) is 11.3. The highest BCUT2D eigenvalue weighted by Gasteiger charge is 2.14. The number of anilines is 1. The van der Waals surface area contributed by atoms with E-state index in [1.165, 1.54) is 11.8 Å². The van der Waals surface area contributed by atoms with Gasteiger partial charge in [-0.1, -0.05) is 56.1 Å². The van der Waals surface area contributed by atoms with Crippen molar-refractivity contribution in [2.45, 2.75) is 51.2 Å². The van der Waals surface area contributed by atoms with Crippen LogP contribution < -0.4 is 16.2 Å². The zero-order valence-corrected chi connectivity index (χ0v) is 19.9. The number of thioether (sulfide) groups is 1. The van der Waals surface area contributed by atoms with Gasteiger partial charge in [0.1, 0.15) is 0 Å². The van der Waals surface area contributed by atoms with Crippen molar-refractivity contribution in [3.63, 3.8) is 0 Å². The zero-order chi connectivity index (χ0) is 23.6. The average molecular weight is 467 g/mol. The van der Waals surface area contributed by atoms with Crippen LogP contribution in [0.25, 0.3) is 10.9 Å². The van der Waals surface area contributed by atoms with E-state index in [4.69, 9.17) is 0 Å². The van der Waals surface area contributed by atoms with E-state index >= 15 is 0 Å². The van der Waals surface area contributed by atoms with Crippen molar-refractivity contribution < 1.29 is 9.59 Å². The molecule has 0 atom stereocenters. The number of carbonyl (C=O) groups is 2. The smallest absolute Gasteiger partial charge is 0.262 e. The van der Waals surface area contributed by atoms with Gasteiger partial charge in [0.2, 0.25) is 5.91 Å². The van der Waals surface area contributed by atoms with E-state index in [2.05, 4.69) is 22.5 Å². The topological polar surface area (TPSA) is 93.1 Å². The fraction of sp³-hybridized carbons (Fsp3) is 0.360. The molecule has 3 aromatic rings. The summed E-state index contributed by atoms with van der Waals surface area (Å²) in [6.45, 7) is 5.11. The van der Waals surface area contributed by atoms with E-state index in [1.54, 1.807) is 34.9 Å². The summed E-state index contributed by atoms with van der Waals surface area (Å²) in [5.41, 5.74) is 1.59. The average Bonchev–Trinajstić information content (AvgIpc) is 2.82. The maximum absolute atomic E-state index is 13.1. The Kier molecular flexibility index (Phi) is 9.06. The van der Waals surface area contributed by atoms with Gasteiger partial charge in [0.15, 0.2) is 5.16 Å². The minimum atomic E-state index is -0.229. The monoisotopic (exact) mass is 466 g/mol. The van der Waals surface area contributed by atoms with Crippen LogP contribution in [0.3, 0.4) is 0 Å². The Bertz CT molecular complexity index is 1180. The summed E-state index contributed by atoms with van der Waals surface area (Å²) in [7, 11) is 0. The number of hydrogen-bond acceptors (Lipinski definition) is 5. The van der Waals surface area contributed by atoms with Gasteiger partial charge < -0.3 is 10.6 Å². The fourth-order valence-electron chi connectivity index (χ4n) is 3.48. The molecule has 0 spiro atoms. The lowest BCUT2D eigenvalue weighted by atomic mass is 10.2. The summed E-state index contributed by atoms with van der Waals surface area (Å²) < 4.78 is 1.69. The number of para-hydroxylation sites is 1. The third kappa shape index (κ3) is 6.68. The van der Waals surface area contributed by atoms with Gasteiger partial charge in [-0.2, -0.15) is 0 Å². The highest BCUT2D eigenvalue weighted by Crippen LogP contribution is 2.19. The molecule has 3 rings (SSSR count). The Labute approximate surface area is 198 Å². The molecule has 0 bridgehead atoms. The summed E-state index contributed by atoms with van der Waals surface area (Å²) in [5.74, 6) is -0.311. The molecule has 2 amide bonds. The minimum Gasteiger partial charge on any atom is -0.352 e. The Balaban J connectivity index is 1.73. The molecule has 0 saturated carbocycles. The van der Waals surface area contributed by atoms with Crippen molar-refractivity contribution in [2.24, 2.45) is 0 Å². The summed E-state index contributed by atoms with van der Waals surface area (Å²) >= 11 is 1.25. The molecule has 2 aromatic carbocycles. The van der Waals surface area contributed by atoms with Crippen LogP contribution in [0.2, 0.25) is 0 Å². The summed E-state index contributed by atoms with van der Waals surface area (Å²) in [5, 5.41) is 6.70. The molecule has 174 valence electrons. The van der Waals surface area contributed by atoms with Crippen LogP contribution in [0.5, 0.6) is 0 Å². The maximum atomic E-state index is 13.1. The first-order chi connectivity index (χ1) is 16.0. The molecule has 2 N–H and O–H groups in total. The Hall–Kier alpha value is -3.13. The van der Waals surface area contributed by atoms with Gasteiger partial charge >= 0.3 is 0 Å². The van der Waals surface area contributed by atoms with Crippen LogP contribution in [0, 0.1) is 0 Å². The zero-order valence-electron chi connectivity index (χ0n) is 19.1. The highest BCUT2D eigenvalue weighted by atomic mass is 32.2. The van der Waals surface area contributed by atoms with E-state index in [1.807, 2.05) is 25.1 Å². The van der Waals surface area contributed by atoms with Gasteiger partial charge in [0, 0.05) is 24.3 Å². The van der Waals surface area contributed by atoms with E-state index in [0.717, 1.165) is 25.7 Å². The number of nitrogens with one attached hydrogen (secondary N) is 2. The van der Waals surface area contributed by atoms with Crippen LogP contribution in [0.1, 0.15) is 49.9 Å². The lowest BCUT2D eigenvalue weighted by molar-refractivity contribution is -0.113. The van der Waals surface area contributed by atoms with E-state index in [-0.39, 0.29) is 23.1 Å². The summed E-state index contributed by atoms with van der Waals surface area (Å²) in [6, 6.07) is 14.1. The first kappa shape index (κ1) is 24.5. The lowest BCUT2D eigenvalue weighted by Crippen LogP contribution is -2.24. The largest absolute Gasteiger partial charge is 0.352 e. The Morgan fingerprint density at radius 2 is 1.85 bits per heavy atom. The first-order valence-corrected chi connectivity index (χ1v) is 12.3. The van der Waals surface area contributed by atoms with Gasteiger partial charge in [0.05, 0.1) is 16.7 Å². The van der Waals surface area contributed by atoms with Crippen LogP contribution in [0.15, 0.2) is 58.5 Å². The van der Waals surface area contributed by atoms with E-state index < -0.39 is 0 Å². The van der Waals surface area contributed by atoms with Gasteiger partial charge in [-0.15, -0.1) is 0 Å². The number of fused-ring (bicyclic) bond motifs is 1. The molecule has 0 saturated heterocycles. The van der Waals surface area contributed by atoms with Gasteiger partial charge in [-0.25, -0.2) is 4.98 Å². The molecule has 8 heteroatoms. The molecule has 0 radical (unpaired) electrons. The predicted octanol–water partition coefficient (Wildman–Crippen LogP) is 4.46. The van der Waals surface area contributed by atoms with Crippen LogP contribution in [0.4, 0.5) is 5.69 Å². The quantitative estimate of drug-likeness (QED) is 0.247. The number of carbonyl (C=O) groups excluding carboxylic acids is 2. The molecule has 0 aliphatic rings. The molecule has 0 fully saturated rings.